The van der Waals surface area contributed by atoms with Crippen LogP contribution in [0.3, 0.4) is 0 Å². The molecular formula is C18H22N4O3S. The summed E-state index contributed by atoms with van der Waals surface area (Å²) in [5.41, 5.74) is 2.07. The predicted octanol–water partition coefficient (Wildman–Crippen LogP) is 1.42. The number of anilines is 1. The van der Waals surface area contributed by atoms with Crippen LogP contribution in [0, 0.1) is 0 Å². The van der Waals surface area contributed by atoms with E-state index in [4.69, 9.17) is 0 Å². The second kappa shape index (κ2) is 7.82. The molecule has 138 valence electrons. The Bertz CT molecular complexity index is 854. The molecule has 3 rings (SSSR count). The molecule has 2 aromatic heterocycles. The van der Waals surface area contributed by atoms with Crippen molar-refractivity contribution >= 4 is 21.4 Å². The van der Waals surface area contributed by atoms with Gasteiger partial charge in [-0.2, -0.15) is 0 Å². The zero-order valence-corrected chi connectivity index (χ0v) is 15.4. The molecule has 1 atom stereocenters. The van der Waals surface area contributed by atoms with Crippen molar-refractivity contribution in [2.45, 2.75) is 25.9 Å². The smallest absolute Gasteiger partial charge is 0.270 e. The molecule has 0 bridgehead atoms. The molecule has 1 unspecified atom stereocenters. The van der Waals surface area contributed by atoms with Crippen LogP contribution in [0.2, 0.25) is 0 Å². The van der Waals surface area contributed by atoms with E-state index in [2.05, 4.69) is 15.3 Å². The Kier molecular flexibility index (Phi) is 5.51. The predicted molar refractivity (Wildman–Crippen MR) is 99.7 cm³/mol. The van der Waals surface area contributed by atoms with Crippen molar-refractivity contribution in [3.05, 3.63) is 54.1 Å². The maximum atomic E-state index is 12.2. The molecule has 8 heteroatoms. The van der Waals surface area contributed by atoms with Crippen LogP contribution in [0.25, 0.3) is 0 Å². The normalized spacial score (nSPS) is 18.4. The van der Waals surface area contributed by atoms with Crippen LogP contribution < -0.4 is 10.2 Å². The molecule has 1 aliphatic heterocycles. The Labute approximate surface area is 153 Å². The average Bonchev–Trinajstić information content (AvgIpc) is 3.01. The van der Waals surface area contributed by atoms with Crippen LogP contribution in [0.15, 0.2) is 42.9 Å². The molecule has 0 saturated carbocycles. The fourth-order valence-corrected chi connectivity index (χ4v) is 4.87. The first-order chi connectivity index (χ1) is 12.5. The summed E-state index contributed by atoms with van der Waals surface area (Å²) in [6.45, 7) is 3.06. The Balaban J connectivity index is 1.64. The lowest BCUT2D eigenvalue weighted by Gasteiger charge is -2.28. The van der Waals surface area contributed by atoms with E-state index in [0.717, 1.165) is 11.3 Å². The summed E-state index contributed by atoms with van der Waals surface area (Å²) >= 11 is 0. The van der Waals surface area contributed by atoms with Crippen LogP contribution in [0.5, 0.6) is 0 Å². The van der Waals surface area contributed by atoms with E-state index >= 15 is 0 Å². The number of carbonyl (C=O) groups is 1. The fraction of sp³-hybridized carbons (Fsp3) is 0.389. The van der Waals surface area contributed by atoms with Crippen LogP contribution in [-0.4, -0.2) is 48.4 Å². The number of nitrogens with zero attached hydrogens (tertiary/aromatic N) is 3. The van der Waals surface area contributed by atoms with Gasteiger partial charge in [-0.25, -0.2) is 13.4 Å². The SMILES string of the molecule is CCN(c1ccc(C(=O)NCc2cccnc2)nc1)C1CCS(=O)(=O)C1. The van der Waals surface area contributed by atoms with Gasteiger partial charge in [-0.3, -0.25) is 9.78 Å². The lowest BCUT2D eigenvalue weighted by molar-refractivity contribution is 0.0946. The van der Waals surface area contributed by atoms with E-state index < -0.39 is 9.84 Å². The Morgan fingerprint density at radius 1 is 1.31 bits per heavy atom. The largest absolute Gasteiger partial charge is 0.367 e. The molecule has 7 nitrogen and oxygen atoms in total. The number of hydrogen-bond acceptors (Lipinski definition) is 6. The summed E-state index contributed by atoms with van der Waals surface area (Å²) in [6.07, 6.45) is 5.64. The molecule has 1 fully saturated rings. The highest BCUT2D eigenvalue weighted by Gasteiger charge is 2.31. The third kappa shape index (κ3) is 4.37. The first-order valence-electron chi connectivity index (χ1n) is 8.59. The topological polar surface area (TPSA) is 92.3 Å². The van der Waals surface area contributed by atoms with Crippen LogP contribution >= 0.6 is 0 Å². The van der Waals surface area contributed by atoms with Crippen molar-refractivity contribution < 1.29 is 13.2 Å². The number of amides is 1. The first-order valence-corrected chi connectivity index (χ1v) is 10.4. The number of aromatic nitrogens is 2. The molecule has 3 heterocycles. The number of pyridine rings is 2. The van der Waals surface area contributed by atoms with Crippen molar-refractivity contribution in [3.8, 4) is 0 Å². The van der Waals surface area contributed by atoms with E-state index in [1.165, 1.54) is 0 Å². The molecule has 1 saturated heterocycles. The summed E-state index contributed by atoms with van der Waals surface area (Å²) in [4.78, 5) is 22.5. The van der Waals surface area contributed by atoms with E-state index in [-0.39, 0.29) is 23.5 Å². The number of sulfone groups is 1. The second-order valence-corrected chi connectivity index (χ2v) is 8.52. The van der Waals surface area contributed by atoms with Crippen molar-refractivity contribution in [3.63, 3.8) is 0 Å². The highest BCUT2D eigenvalue weighted by atomic mass is 32.2. The van der Waals surface area contributed by atoms with E-state index in [0.29, 0.717) is 25.2 Å². The summed E-state index contributed by atoms with van der Waals surface area (Å²) in [5, 5.41) is 2.81. The second-order valence-electron chi connectivity index (χ2n) is 6.29. The molecule has 0 spiro atoms. The van der Waals surface area contributed by atoms with Gasteiger partial charge >= 0.3 is 0 Å². The van der Waals surface area contributed by atoms with E-state index in [1.54, 1.807) is 24.7 Å². The van der Waals surface area contributed by atoms with E-state index in [1.807, 2.05) is 30.0 Å². The van der Waals surface area contributed by atoms with Gasteiger partial charge in [0.1, 0.15) is 5.69 Å². The Hall–Kier alpha value is -2.48. The van der Waals surface area contributed by atoms with Gasteiger partial charge in [-0.05, 0) is 37.1 Å². The van der Waals surface area contributed by atoms with Crippen LogP contribution in [-0.2, 0) is 16.4 Å². The Morgan fingerprint density at radius 3 is 2.73 bits per heavy atom. The number of carbonyl (C=O) groups excluding carboxylic acids is 1. The third-order valence-corrected chi connectivity index (χ3v) is 6.23. The number of rotatable bonds is 6. The summed E-state index contributed by atoms with van der Waals surface area (Å²) in [6, 6.07) is 7.16. The quantitative estimate of drug-likeness (QED) is 0.822. The molecule has 2 aromatic rings. The zero-order chi connectivity index (χ0) is 18.6. The first kappa shape index (κ1) is 18.3. The van der Waals surface area contributed by atoms with Gasteiger partial charge in [0, 0.05) is 31.5 Å². The van der Waals surface area contributed by atoms with Gasteiger partial charge < -0.3 is 10.2 Å². The average molecular weight is 374 g/mol. The highest BCUT2D eigenvalue weighted by molar-refractivity contribution is 7.91. The summed E-state index contributed by atoms with van der Waals surface area (Å²) in [7, 11) is -2.95. The Morgan fingerprint density at radius 2 is 2.15 bits per heavy atom. The molecule has 1 amide bonds. The maximum Gasteiger partial charge on any atom is 0.270 e. The zero-order valence-electron chi connectivity index (χ0n) is 14.6. The van der Waals surface area contributed by atoms with Crippen molar-refractivity contribution in [2.75, 3.05) is 23.0 Å². The standard InChI is InChI=1S/C18H22N4O3S/c1-2-22(16-7-9-26(24,25)13-16)15-5-6-17(20-12-15)18(23)21-11-14-4-3-8-19-10-14/h3-6,8,10,12,16H,2,7,9,11,13H2,1H3,(H,21,23). The highest BCUT2D eigenvalue weighted by Crippen LogP contribution is 2.23. The molecule has 26 heavy (non-hydrogen) atoms. The molecular weight excluding hydrogens is 352 g/mol. The van der Waals surface area contributed by atoms with Gasteiger partial charge in [0.05, 0.1) is 23.4 Å². The summed E-state index contributed by atoms with van der Waals surface area (Å²) in [5.74, 6) is 0.150. The van der Waals surface area contributed by atoms with Gasteiger partial charge in [0.2, 0.25) is 0 Å². The lowest BCUT2D eigenvalue weighted by atomic mass is 10.2. The van der Waals surface area contributed by atoms with Crippen molar-refractivity contribution in [1.82, 2.24) is 15.3 Å². The van der Waals surface area contributed by atoms with Crippen LogP contribution in [0.4, 0.5) is 5.69 Å². The molecule has 0 aliphatic carbocycles. The van der Waals surface area contributed by atoms with Gasteiger partial charge in [-0.15, -0.1) is 0 Å². The van der Waals surface area contributed by atoms with Crippen LogP contribution in [0.1, 0.15) is 29.4 Å². The summed E-state index contributed by atoms with van der Waals surface area (Å²) < 4.78 is 23.5. The molecule has 1 N–H and O–H groups in total. The van der Waals surface area contributed by atoms with Gasteiger partial charge in [0.25, 0.3) is 5.91 Å². The third-order valence-electron chi connectivity index (χ3n) is 4.48. The van der Waals surface area contributed by atoms with Gasteiger partial charge in [-0.1, -0.05) is 6.07 Å². The van der Waals surface area contributed by atoms with Crippen molar-refractivity contribution in [2.24, 2.45) is 0 Å². The molecule has 1 aliphatic rings. The number of hydrogen-bond donors (Lipinski definition) is 1. The minimum absolute atomic E-state index is 0.0305. The lowest BCUT2D eigenvalue weighted by Crippen LogP contribution is -2.36. The molecule has 0 radical (unpaired) electrons. The maximum absolute atomic E-state index is 12.2. The number of nitrogens with one attached hydrogen (secondary N) is 1. The fourth-order valence-electron chi connectivity index (χ4n) is 3.14. The van der Waals surface area contributed by atoms with Gasteiger partial charge in [0.15, 0.2) is 9.84 Å². The molecule has 0 aromatic carbocycles. The van der Waals surface area contributed by atoms with E-state index in [9.17, 15) is 13.2 Å². The van der Waals surface area contributed by atoms with Crippen molar-refractivity contribution in [1.29, 1.82) is 0 Å². The minimum atomic E-state index is -2.95. The minimum Gasteiger partial charge on any atom is -0.367 e. The monoisotopic (exact) mass is 374 g/mol.